The van der Waals surface area contributed by atoms with E-state index >= 15 is 0 Å². The number of carboxylic acids is 1. The number of halogens is 4. The van der Waals surface area contributed by atoms with Crippen LogP contribution in [0, 0.1) is 0 Å². The Balaban J connectivity index is 2.49. The molecule has 0 bridgehead atoms. The number of alkyl halides is 3. The van der Waals surface area contributed by atoms with Crippen LogP contribution in [0.1, 0.15) is 10.4 Å². The van der Waals surface area contributed by atoms with Gasteiger partial charge in [0.2, 0.25) is 0 Å². The molecule has 0 radical (unpaired) electrons. The van der Waals surface area contributed by atoms with Crippen LogP contribution in [0.3, 0.4) is 0 Å². The third kappa shape index (κ3) is 3.24. The van der Waals surface area contributed by atoms with E-state index in [1.807, 2.05) is 0 Å². The Morgan fingerprint density at radius 2 is 1.95 bits per heavy atom. The Bertz CT molecular complexity index is 727. The molecule has 0 atom stereocenters. The number of hydrogen-bond donors (Lipinski definition) is 2. The summed E-state index contributed by atoms with van der Waals surface area (Å²) in [7, 11) is 0. The molecular formula is C11H6BrF3N4O3. The van der Waals surface area contributed by atoms with Gasteiger partial charge in [0.05, 0.1) is 6.20 Å². The fourth-order valence-corrected chi connectivity index (χ4v) is 1.71. The lowest BCUT2D eigenvalue weighted by Crippen LogP contribution is -2.31. The van der Waals surface area contributed by atoms with Gasteiger partial charge in [0.25, 0.3) is 0 Å². The number of carbonyl (C=O) groups is 2. The molecule has 0 unspecified atom stereocenters. The van der Waals surface area contributed by atoms with E-state index in [2.05, 4.69) is 26.0 Å². The molecule has 11 heteroatoms. The molecule has 0 aliphatic rings. The molecule has 0 aliphatic heterocycles. The van der Waals surface area contributed by atoms with E-state index in [4.69, 9.17) is 5.11 Å². The van der Waals surface area contributed by atoms with Crippen LogP contribution in [0.15, 0.2) is 29.0 Å². The second-order valence-corrected chi connectivity index (χ2v) is 4.83. The molecule has 0 saturated carbocycles. The summed E-state index contributed by atoms with van der Waals surface area (Å²) in [5.74, 6) is -4.45. The number of carboxylic acid groups (broad SMARTS) is 1. The van der Waals surface area contributed by atoms with Gasteiger partial charge in [-0.3, -0.25) is 4.79 Å². The Morgan fingerprint density at radius 1 is 1.27 bits per heavy atom. The number of hydrogen-bond acceptors (Lipinski definition) is 4. The SMILES string of the molecule is O=C(O)c1cnn(-c2ccc(Br)cn2)c1NC(=O)C(F)(F)F. The van der Waals surface area contributed by atoms with Crippen LogP contribution in [0.4, 0.5) is 19.0 Å². The summed E-state index contributed by atoms with van der Waals surface area (Å²) in [6.45, 7) is 0. The molecule has 0 saturated heterocycles. The molecule has 0 fully saturated rings. The van der Waals surface area contributed by atoms with Gasteiger partial charge in [0.15, 0.2) is 11.6 Å². The maximum atomic E-state index is 12.3. The third-order valence-corrected chi connectivity index (χ3v) is 2.89. The Morgan fingerprint density at radius 3 is 2.45 bits per heavy atom. The lowest BCUT2D eigenvalue weighted by Gasteiger charge is -2.11. The van der Waals surface area contributed by atoms with Gasteiger partial charge in [-0.2, -0.15) is 23.0 Å². The van der Waals surface area contributed by atoms with Gasteiger partial charge in [-0.15, -0.1) is 0 Å². The molecule has 22 heavy (non-hydrogen) atoms. The Hall–Kier alpha value is -2.43. The van der Waals surface area contributed by atoms with E-state index in [9.17, 15) is 22.8 Å². The summed E-state index contributed by atoms with van der Waals surface area (Å²) in [5.41, 5.74) is -0.595. The fourth-order valence-electron chi connectivity index (χ4n) is 1.47. The smallest absolute Gasteiger partial charge is 0.471 e. The van der Waals surface area contributed by atoms with E-state index in [0.717, 1.165) is 10.9 Å². The first-order valence-corrected chi connectivity index (χ1v) is 6.31. The zero-order chi connectivity index (χ0) is 16.5. The second-order valence-electron chi connectivity index (χ2n) is 3.91. The molecule has 2 aromatic rings. The van der Waals surface area contributed by atoms with Crippen molar-refractivity contribution < 1.29 is 27.9 Å². The van der Waals surface area contributed by atoms with E-state index in [1.165, 1.54) is 23.6 Å². The first-order valence-electron chi connectivity index (χ1n) is 5.51. The molecule has 0 aliphatic carbocycles. The summed E-state index contributed by atoms with van der Waals surface area (Å²) in [5, 5.41) is 14.1. The van der Waals surface area contributed by atoms with Crippen molar-refractivity contribution in [3.8, 4) is 5.82 Å². The number of anilines is 1. The lowest BCUT2D eigenvalue weighted by molar-refractivity contribution is -0.167. The topological polar surface area (TPSA) is 97.1 Å². The van der Waals surface area contributed by atoms with Gasteiger partial charge < -0.3 is 10.4 Å². The van der Waals surface area contributed by atoms with Crippen LogP contribution in [-0.4, -0.2) is 37.9 Å². The summed E-state index contributed by atoms with van der Waals surface area (Å²) in [6, 6.07) is 2.91. The Labute approximate surface area is 128 Å². The van der Waals surface area contributed by atoms with Gasteiger partial charge >= 0.3 is 18.1 Å². The van der Waals surface area contributed by atoms with Crippen LogP contribution < -0.4 is 5.32 Å². The van der Waals surface area contributed by atoms with Crippen LogP contribution in [0.25, 0.3) is 5.82 Å². The van der Waals surface area contributed by atoms with Gasteiger partial charge in [-0.1, -0.05) is 0 Å². The van der Waals surface area contributed by atoms with Gasteiger partial charge in [-0.25, -0.2) is 9.78 Å². The highest BCUT2D eigenvalue weighted by Crippen LogP contribution is 2.23. The third-order valence-electron chi connectivity index (χ3n) is 2.42. The summed E-state index contributed by atoms with van der Waals surface area (Å²) >= 11 is 3.13. The van der Waals surface area contributed by atoms with Crippen molar-refractivity contribution in [3.05, 3.63) is 34.6 Å². The molecule has 7 nitrogen and oxygen atoms in total. The largest absolute Gasteiger partial charge is 0.477 e. The fraction of sp³-hybridized carbons (Fsp3) is 0.0909. The van der Waals surface area contributed by atoms with E-state index in [0.29, 0.717) is 4.47 Å². The molecule has 2 aromatic heterocycles. The van der Waals surface area contributed by atoms with Crippen LogP contribution in [0.2, 0.25) is 0 Å². The maximum Gasteiger partial charge on any atom is 0.471 e. The highest BCUT2D eigenvalue weighted by molar-refractivity contribution is 9.10. The van der Waals surface area contributed by atoms with Crippen molar-refractivity contribution in [2.24, 2.45) is 0 Å². The minimum Gasteiger partial charge on any atom is -0.477 e. The van der Waals surface area contributed by atoms with Crippen molar-refractivity contribution in [3.63, 3.8) is 0 Å². The second kappa shape index (κ2) is 5.75. The minimum atomic E-state index is -5.17. The molecule has 1 amide bonds. The lowest BCUT2D eigenvalue weighted by atomic mass is 10.3. The normalized spacial score (nSPS) is 11.3. The van der Waals surface area contributed by atoms with Crippen molar-refractivity contribution in [1.29, 1.82) is 0 Å². The highest BCUT2D eigenvalue weighted by atomic mass is 79.9. The van der Waals surface area contributed by atoms with E-state index in [1.54, 1.807) is 0 Å². The average molecular weight is 379 g/mol. The number of nitrogens with one attached hydrogen (secondary N) is 1. The predicted molar refractivity (Wildman–Crippen MR) is 70.7 cm³/mol. The summed E-state index contributed by atoms with van der Waals surface area (Å²) in [4.78, 5) is 26.0. The van der Waals surface area contributed by atoms with Crippen LogP contribution in [-0.2, 0) is 4.79 Å². The molecule has 2 heterocycles. The number of aromatic carboxylic acids is 1. The van der Waals surface area contributed by atoms with Gasteiger partial charge in [-0.05, 0) is 28.1 Å². The summed E-state index contributed by atoms with van der Waals surface area (Å²) in [6.07, 6.45) is -3.01. The quantitative estimate of drug-likeness (QED) is 0.853. The van der Waals surface area contributed by atoms with Crippen molar-refractivity contribution >= 4 is 33.6 Å². The molecule has 0 spiro atoms. The van der Waals surface area contributed by atoms with Crippen molar-refractivity contribution in [2.75, 3.05) is 5.32 Å². The van der Waals surface area contributed by atoms with E-state index < -0.39 is 29.4 Å². The first-order chi connectivity index (χ1) is 10.2. The average Bonchev–Trinajstić information content (AvgIpc) is 2.82. The first kappa shape index (κ1) is 15.9. The van der Waals surface area contributed by atoms with E-state index in [-0.39, 0.29) is 5.82 Å². The Kier molecular flexibility index (Phi) is 4.17. The van der Waals surface area contributed by atoms with Crippen molar-refractivity contribution in [2.45, 2.75) is 6.18 Å². The molecule has 0 aromatic carbocycles. The summed E-state index contributed by atoms with van der Waals surface area (Å²) < 4.78 is 38.4. The van der Waals surface area contributed by atoms with Crippen LogP contribution >= 0.6 is 15.9 Å². The number of aromatic nitrogens is 3. The van der Waals surface area contributed by atoms with Crippen LogP contribution in [0.5, 0.6) is 0 Å². The molecule has 2 N–H and O–H groups in total. The molecule has 116 valence electrons. The number of rotatable bonds is 3. The zero-order valence-corrected chi connectivity index (χ0v) is 12.0. The zero-order valence-electron chi connectivity index (χ0n) is 10.4. The number of amides is 1. The number of pyridine rings is 1. The van der Waals surface area contributed by atoms with Gasteiger partial charge in [0, 0.05) is 10.7 Å². The standard InChI is InChI=1S/C11H6BrF3N4O3/c12-5-1-2-7(16-3-5)19-8(6(4-17-19)9(20)21)18-10(22)11(13,14)15/h1-4H,(H,18,22)(H,20,21). The maximum absolute atomic E-state index is 12.3. The predicted octanol–water partition coefficient (Wildman–Crippen LogP) is 2.23. The highest BCUT2D eigenvalue weighted by Gasteiger charge is 2.40. The monoisotopic (exact) mass is 378 g/mol. The molecule has 2 rings (SSSR count). The number of nitrogens with zero attached hydrogens (tertiary/aromatic N) is 3. The molecular weight excluding hydrogens is 373 g/mol. The van der Waals surface area contributed by atoms with Crippen molar-refractivity contribution in [1.82, 2.24) is 14.8 Å². The number of carbonyl (C=O) groups excluding carboxylic acids is 1. The van der Waals surface area contributed by atoms with Gasteiger partial charge in [0.1, 0.15) is 5.56 Å². The minimum absolute atomic E-state index is 0.0353.